The number of carbonyl (C=O) groups is 2. The normalized spacial score (nSPS) is 23.9. The molecule has 1 fully saturated rings. The third-order valence-corrected chi connectivity index (χ3v) is 4.36. The number of aliphatic hydroxyl groups excluding tert-OH is 1. The number of amides is 2. The van der Waals surface area contributed by atoms with Crippen LogP contribution < -0.4 is 5.32 Å². The number of aliphatic hydroxyl groups is 1. The van der Waals surface area contributed by atoms with Crippen molar-refractivity contribution >= 4 is 11.8 Å². The van der Waals surface area contributed by atoms with Gasteiger partial charge in [0, 0.05) is 32.7 Å². The lowest BCUT2D eigenvalue weighted by atomic mass is 10.1. The molecule has 0 aromatic rings. The van der Waals surface area contributed by atoms with Crippen molar-refractivity contribution in [1.29, 1.82) is 0 Å². The first-order chi connectivity index (χ1) is 10.6. The molecule has 1 unspecified atom stereocenters. The van der Waals surface area contributed by atoms with Gasteiger partial charge in [0.2, 0.25) is 5.91 Å². The lowest BCUT2D eigenvalue weighted by Crippen LogP contribution is -2.45. The number of hydrogen-bond acceptors (Lipinski definition) is 4. The fourth-order valence-corrected chi connectivity index (χ4v) is 2.84. The Kier molecular flexibility index (Phi) is 6.39. The maximum Gasteiger partial charge on any atom is 0.251 e. The van der Waals surface area contributed by atoms with E-state index >= 15 is 0 Å². The third kappa shape index (κ3) is 5.10. The first-order valence-corrected chi connectivity index (χ1v) is 8.18. The van der Waals surface area contributed by atoms with Crippen LogP contribution in [0.3, 0.4) is 0 Å². The zero-order valence-electron chi connectivity index (χ0n) is 13.4. The number of carbonyl (C=O) groups excluding carboxylic acids is 2. The van der Waals surface area contributed by atoms with Crippen LogP contribution in [0.5, 0.6) is 0 Å². The van der Waals surface area contributed by atoms with Crippen molar-refractivity contribution in [2.45, 2.75) is 38.7 Å². The number of nitrogens with zero attached hydrogens (tertiary/aromatic N) is 2. The lowest BCUT2D eigenvalue weighted by molar-refractivity contribution is -0.142. The monoisotopic (exact) mass is 309 g/mol. The van der Waals surface area contributed by atoms with E-state index in [4.69, 9.17) is 0 Å². The largest absolute Gasteiger partial charge is 0.383 e. The van der Waals surface area contributed by atoms with E-state index in [-0.39, 0.29) is 18.4 Å². The van der Waals surface area contributed by atoms with Crippen LogP contribution in [0.1, 0.15) is 32.6 Å². The van der Waals surface area contributed by atoms with Crippen LogP contribution in [0.2, 0.25) is 0 Å². The van der Waals surface area contributed by atoms with Crippen molar-refractivity contribution in [1.82, 2.24) is 15.1 Å². The van der Waals surface area contributed by atoms with Gasteiger partial charge in [-0.1, -0.05) is 11.6 Å². The maximum atomic E-state index is 12.0. The van der Waals surface area contributed by atoms with Crippen LogP contribution in [-0.2, 0) is 9.59 Å². The minimum absolute atomic E-state index is 0.0505. The lowest BCUT2D eigenvalue weighted by Gasteiger charge is -2.25. The standard InChI is InChI=1S/C16H27N3O3/c1-13-5-9-18(10-6-13)11-7-17-15(21)12-19-8-3-2-4-14(20)16(19)22/h5,14,20H,2-4,6-12H2,1H3,(H,17,21). The Balaban J connectivity index is 1.68. The highest BCUT2D eigenvalue weighted by Crippen LogP contribution is 2.11. The zero-order chi connectivity index (χ0) is 15.9. The smallest absolute Gasteiger partial charge is 0.251 e. The van der Waals surface area contributed by atoms with Gasteiger partial charge >= 0.3 is 0 Å². The second kappa shape index (κ2) is 8.29. The van der Waals surface area contributed by atoms with Crippen LogP contribution >= 0.6 is 0 Å². The molecule has 6 nitrogen and oxygen atoms in total. The second-order valence-electron chi connectivity index (χ2n) is 6.22. The summed E-state index contributed by atoms with van der Waals surface area (Å²) in [5, 5.41) is 12.5. The molecule has 0 spiro atoms. The van der Waals surface area contributed by atoms with E-state index in [0.29, 0.717) is 19.5 Å². The molecule has 2 aliphatic rings. The van der Waals surface area contributed by atoms with Gasteiger partial charge in [-0.25, -0.2) is 0 Å². The number of hydrogen-bond donors (Lipinski definition) is 2. The van der Waals surface area contributed by atoms with Gasteiger partial charge in [0.1, 0.15) is 6.10 Å². The summed E-state index contributed by atoms with van der Waals surface area (Å²) in [6, 6.07) is 0. The minimum Gasteiger partial charge on any atom is -0.383 e. The fourth-order valence-electron chi connectivity index (χ4n) is 2.84. The van der Waals surface area contributed by atoms with Crippen LogP contribution in [0.4, 0.5) is 0 Å². The molecular weight excluding hydrogens is 282 g/mol. The quantitative estimate of drug-likeness (QED) is 0.708. The fraction of sp³-hybridized carbons (Fsp3) is 0.750. The van der Waals surface area contributed by atoms with E-state index in [1.807, 2.05) is 0 Å². The third-order valence-electron chi connectivity index (χ3n) is 4.36. The van der Waals surface area contributed by atoms with E-state index in [0.717, 1.165) is 38.9 Å². The Labute approximate surface area is 132 Å². The molecule has 0 saturated carbocycles. The van der Waals surface area contributed by atoms with Crippen LogP contribution in [0.15, 0.2) is 11.6 Å². The SMILES string of the molecule is CC1=CCN(CCNC(=O)CN2CCCCC(O)C2=O)CC1. The highest BCUT2D eigenvalue weighted by molar-refractivity contribution is 5.87. The van der Waals surface area contributed by atoms with E-state index in [1.54, 1.807) is 0 Å². The Morgan fingerprint density at radius 1 is 1.41 bits per heavy atom. The van der Waals surface area contributed by atoms with Gasteiger partial charge in [0.25, 0.3) is 5.91 Å². The number of nitrogens with one attached hydrogen (secondary N) is 1. The summed E-state index contributed by atoms with van der Waals surface area (Å²) in [6.45, 7) is 6.15. The van der Waals surface area contributed by atoms with Crippen LogP contribution in [0, 0.1) is 0 Å². The van der Waals surface area contributed by atoms with E-state index in [1.165, 1.54) is 10.5 Å². The highest BCUT2D eigenvalue weighted by Gasteiger charge is 2.26. The molecule has 0 aliphatic carbocycles. The topological polar surface area (TPSA) is 72.9 Å². The predicted octanol–water partition coefficient (Wildman–Crippen LogP) is 0.128. The molecule has 124 valence electrons. The Bertz CT molecular complexity index is 436. The average molecular weight is 309 g/mol. The van der Waals surface area contributed by atoms with Gasteiger partial charge < -0.3 is 15.3 Å². The number of likely N-dealkylation sites (tertiary alicyclic amines) is 1. The van der Waals surface area contributed by atoms with Gasteiger partial charge in [-0.15, -0.1) is 0 Å². The molecule has 2 rings (SSSR count). The predicted molar refractivity (Wildman–Crippen MR) is 84.3 cm³/mol. The molecule has 1 saturated heterocycles. The van der Waals surface area contributed by atoms with Crippen molar-refractivity contribution in [2.75, 3.05) is 39.3 Å². The first kappa shape index (κ1) is 17.0. The first-order valence-electron chi connectivity index (χ1n) is 8.18. The summed E-state index contributed by atoms with van der Waals surface area (Å²) in [5.74, 6) is -0.463. The Morgan fingerprint density at radius 2 is 2.23 bits per heavy atom. The van der Waals surface area contributed by atoms with Gasteiger partial charge in [-0.2, -0.15) is 0 Å². The summed E-state index contributed by atoms with van der Waals surface area (Å²) < 4.78 is 0. The van der Waals surface area contributed by atoms with E-state index in [2.05, 4.69) is 23.2 Å². The molecule has 0 radical (unpaired) electrons. The van der Waals surface area contributed by atoms with Crippen LogP contribution in [-0.4, -0.2) is 72.1 Å². The zero-order valence-corrected chi connectivity index (χ0v) is 13.4. The van der Waals surface area contributed by atoms with Crippen molar-refractivity contribution in [3.63, 3.8) is 0 Å². The molecule has 0 aromatic heterocycles. The number of rotatable bonds is 5. The van der Waals surface area contributed by atoms with E-state index < -0.39 is 6.10 Å². The molecule has 2 amide bonds. The molecular formula is C16H27N3O3. The van der Waals surface area contributed by atoms with Crippen molar-refractivity contribution in [3.05, 3.63) is 11.6 Å². The highest BCUT2D eigenvalue weighted by atomic mass is 16.3. The summed E-state index contributed by atoms with van der Waals surface area (Å²) in [7, 11) is 0. The van der Waals surface area contributed by atoms with Crippen molar-refractivity contribution in [3.8, 4) is 0 Å². The maximum absolute atomic E-state index is 12.0. The molecule has 6 heteroatoms. The van der Waals surface area contributed by atoms with Crippen molar-refractivity contribution < 1.29 is 14.7 Å². The summed E-state index contributed by atoms with van der Waals surface area (Å²) in [5.41, 5.74) is 1.43. The minimum atomic E-state index is -0.946. The molecule has 2 N–H and O–H groups in total. The Hall–Kier alpha value is -1.40. The summed E-state index contributed by atoms with van der Waals surface area (Å²) in [4.78, 5) is 27.6. The Morgan fingerprint density at radius 3 is 2.95 bits per heavy atom. The van der Waals surface area contributed by atoms with Crippen LogP contribution in [0.25, 0.3) is 0 Å². The summed E-state index contributed by atoms with van der Waals surface area (Å²) >= 11 is 0. The van der Waals surface area contributed by atoms with Gasteiger partial charge in [-0.05, 0) is 32.6 Å². The van der Waals surface area contributed by atoms with Crippen molar-refractivity contribution in [2.24, 2.45) is 0 Å². The molecule has 2 aliphatic heterocycles. The van der Waals surface area contributed by atoms with E-state index in [9.17, 15) is 14.7 Å². The molecule has 1 atom stereocenters. The molecule has 2 heterocycles. The average Bonchev–Trinajstić information content (AvgIpc) is 2.65. The van der Waals surface area contributed by atoms with Gasteiger partial charge in [0.15, 0.2) is 0 Å². The summed E-state index contributed by atoms with van der Waals surface area (Å²) in [6.07, 6.45) is 4.54. The van der Waals surface area contributed by atoms with Gasteiger partial charge in [-0.3, -0.25) is 14.5 Å². The molecule has 22 heavy (non-hydrogen) atoms. The second-order valence-corrected chi connectivity index (χ2v) is 6.22. The molecule has 0 bridgehead atoms. The molecule has 0 aromatic carbocycles. The van der Waals surface area contributed by atoms with Gasteiger partial charge in [0.05, 0.1) is 6.54 Å².